The van der Waals surface area contributed by atoms with Crippen molar-refractivity contribution in [2.45, 2.75) is 105 Å². The molecule has 0 radical (unpaired) electrons. The SMILES string of the molecule is CC(C)(C)n1c2ccccc2c2c3oc4ccccc4c3ccc21.CC(C)(C)n1c2ccccc2c2c3sc4ccccc4c3ccc21.CC(C)(C)n1c2ccccc2c2cc3c(cc21)c1ccccc1n3-c1ccccc1.CC(C)(C)n1c2ccccc2c2cc3c(cc21)oc1ccccc13. The van der Waals surface area contributed by atoms with Crippen LogP contribution >= 0.6 is 11.3 Å². The number of hydrogen-bond donors (Lipinski definition) is 0. The van der Waals surface area contributed by atoms with E-state index >= 15 is 0 Å². The molecule has 0 atom stereocenters. The fraction of sp³-hybridized carbons (Fsp3) is 0.170. The zero-order valence-corrected chi connectivity index (χ0v) is 60.8. The van der Waals surface area contributed by atoms with Crippen molar-refractivity contribution < 1.29 is 8.83 Å². The lowest BCUT2D eigenvalue weighted by Gasteiger charge is -2.24. The van der Waals surface area contributed by atoms with Crippen LogP contribution in [0.4, 0.5) is 0 Å². The molecule has 0 amide bonds. The van der Waals surface area contributed by atoms with Crippen molar-refractivity contribution in [3.8, 4) is 5.69 Å². The van der Waals surface area contributed by atoms with Gasteiger partial charge in [0.25, 0.3) is 0 Å². The van der Waals surface area contributed by atoms with Crippen molar-refractivity contribution in [3.05, 3.63) is 273 Å². The van der Waals surface area contributed by atoms with Gasteiger partial charge in [0, 0.05) is 146 Å². The maximum Gasteiger partial charge on any atom is 0.145 e. The van der Waals surface area contributed by atoms with E-state index in [1.54, 1.807) is 0 Å². The standard InChI is InChI=1S/C28H24N2.2C22H19NO.C22H19NS/c1-28(2,3)30-25-16-10-8-14-21(25)23-17-26-22(18-27(23)30)20-13-7-9-15-24(20)29(26)19-11-5-4-6-12-19;1-22(2,3)23-17-10-6-4-9-16(17)20-18(23)13-12-15-14-8-5-7-11-19(14)24-21(15)20;1-22(2,3)23-18-10-6-4-8-14(18)16-12-17-15-9-5-7-11-20(15)24-21(17)13-19(16)23;1-22(2,3)23-17-10-6-4-9-16(17)20-18(23)13-12-15-14-8-5-7-11-19(14)24-21(15)20/h4-18H,1-3H3;3*4-13H,1-3H3. The molecule has 0 aliphatic carbocycles. The average Bonchev–Trinajstić information content (AvgIpc) is 1.53. The number of para-hydroxylation sites is 8. The molecule has 0 fully saturated rings. The van der Waals surface area contributed by atoms with Crippen LogP contribution < -0.4 is 0 Å². The summed E-state index contributed by atoms with van der Waals surface area (Å²) in [5, 5.41) is 20.5. The van der Waals surface area contributed by atoms with E-state index < -0.39 is 0 Å². The number of thiophene rings is 1. The van der Waals surface area contributed by atoms with Gasteiger partial charge in [0.15, 0.2) is 0 Å². The molecule has 8 heteroatoms. The fourth-order valence-corrected chi connectivity index (χ4v) is 18.1. The Morgan fingerprint density at radius 1 is 0.235 bits per heavy atom. The van der Waals surface area contributed by atoms with Crippen molar-refractivity contribution >= 4 is 184 Å². The summed E-state index contributed by atoms with van der Waals surface area (Å²) in [5.41, 5.74) is 17.8. The number of aromatic nitrogens is 5. The molecule has 0 aliphatic heterocycles. The maximum atomic E-state index is 6.29. The van der Waals surface area contributed by atoms with Crippen LogP contribution in [-0.4, -0.2) is 22.8 Å². The zero-order valence-electron chi connectivity index (χ0n) is 59.9. The van der Waals surface area contributed by atoms with Crippen molar-refractivity contribution in [3.63, 3.8) is 0 Å². The third kappa shape index (κ3) is 9.88. The summed E-state index contributed by atoms with van der Waals surface area (Å²) in [4.78, 5) is 0. The summed E-state index contributed by atoms with van der Waals surface area (Å²) < 4.78 is 27.4. The highest BCUT2D eigenvalue weighted by atomic mass is 32.1. The lowest BCUT2D eigenvalue weighted by Crippen LogP contribution is -2.21. The van der Waals surface area contributed by atoms with Crippen molar-refractivity contribution in [1.82, 2.24) is 22.8 Å². The van der Waals surface area contributed by atoms with E-state index in [-0.39, 0.29) is 22.2 Å². The lowest BCUT2D eigenvalue weighted by molar-refractivity contribution is 0.423. The molecule has 0 unspecified atom stereocenters. The molecular formula is C94H81N5O2S. The van der Waals surface area contributed by atoms with Gasteiger partial charge in [-0.2, -0.15) is 0 Å². The second-order valence-electron chi connectivity index (χ2n) is 31.5. The van der Waals surface area contributed by atoms with E-state index in [1.807, 2.05) is 35.6 Å². The topological polar surface area (TPSA) is 50.9 Å². The Hall–Kier alpha value is -11.3. The Bertz CT molecular complexity index is 6690. The molecule has 0 saturated heterocycles. The van der Waals surface area contributed by atoms with E-state index in [4.69, 9.17) is 8.83 Å². The Morgan fingerprint density at radius 3 is 1.19 bits per heavy atom. The van der Waals surface area contributed by atoms with Gasteiger partial charge >= 0.3 is 0 Å². The lowest BCUT2D eigenvalue weighted by atomic mass is 10.1. The van der Waals surface area contributed by atoms with Crippen LogP contribution in [-0.2, 0) is 22.2 Å². The second-order valence-corrected chi connectivity index (χ2v) is 32.6. The van der Waals surface area contributed by atoms with Gasteiger partial charge in [0.2, 0.25) is 0 Å². The highest BCUT2D eigenvalue weighted by Crippen LogP contribution is 2.47. The minimum atomic E-state index is -0.00711. The highest BCUT2D eigenvalue weighted by molar-refractivity contribution is 7.26. The molecule has 102 heavy (non-hydrogen) atoms. The molecule has 0 bridgehead atoms. The maximum absolute atomic E-state index is 6.29. The number of hydrogen-bond acceptors (Lipinski definition) is 3. The van der Waals surface area contributed by atoms with Gasteiger partial charge in [0.1, 0.15) is 22.3 Å². The predicted molar refractivity (Wildman–Crippen MR) is 440 cm³/mol. The summed E-state index contributed by atoms with van der Waals surface area (Å²) >= 11 is 1.92. The summed E-state index contributed by atoms with van der Waals surface area (Å²) in [6, 6.07) is 97.9. The summed E-state index contributed by atoms with van der Waals surface area (Å²) in [6.45, 7) is 27.2. The third-order valence-corrected chi connectivity index (χ3v) is 21.9. The van der Waals surface area contributed by atoms with E-state index in [2.05, 4.69) is 355 Å². The molecule has 0 spiro atoms. The molecular weight excluding hydrogens is 1260 g/mol. The van der Waals surface area contributed by atoms with Crippen LogP contribution in [0.5, 0.6) is 0 Å². The zero-order chi connectivity index (χ0) is 69.9. The van der Waals surface area contributed by atoms with Crippen molar-refractivity contribution in [2.75, 3.05) is 0 Å². The second kappa shape index (κ2) is 23.1. The van der Waals surface area contributed by atoms with E-state index in [1.165, 1.54) is 156 Å². The van der Waals surface area contributed by atoms with Crippen LogP contribution in [0.1, 0.15) is 83.1 Å². The highest BCUT2D eigenvalue weighted by Gasteiger charge is 2.28. The molecule has 8 aromatic heterocycles. The van der Waals surface area contributed by atoms with E-state index in [0.717, 1.165) is 22.3 Å². The first-order valence-corrected chi connectivity index (χ1v) is 36.6. The summed E-state index contributed by atoms with van der Waals surface area (Å²) in [7, 11) is 0. The predicted octanol–water partition coefficient (Wildman–Crippen LogP) is 27.5. The van der Waals surface area contributed by atoms with Gasteiger partial charge in [-0.25, -0.2) is 0 Å². The number of nitrogens with zero attached hydrogens (tertiary/aromatic N) is 5. The smallest absolute Gasteiger partial charge is 0.145 e. The van der Waals surface area contributed by atoms with Gasteiger partial charge in [-0.15, -0.1) is 11.3 Å². The minimum absolute atomic E-state index is 0.00104. The Morgan fingerprint density at radius 2 is 0.618 bits per heavy atom. The fourth-order valence-electron chi connectivity index (χ4n) is 16.8. The van der Waals surface area contributed by atoms with Gasteiger partial charge in [-0.05, 0) is 180 Å². The first-order chi connectivity index (χ1) is 49.2. The van der Waals surface area contributed by atoms with Gasteiger partial charge < -0.3 is 31.7 Å². The number of rotatable bonds is 1. The number of fused-ring (bicyclic) bond motifs is 26. The molecule has 7 nitrogen and oxygen atoms in total. The Balaban J connectivity index is 0.0000000979. The van der Waals surface area contributed by atoms with Crippen LogP contribution in [0.15, 0.2) is 282 Å². The van der Waals surface area contributed by atoms with Crippen LogP contribution in [0, 0.1) is 0 Å². The quantitative estimate of drug-likeness (QED) is 0.164. The van der Waals surface area contributed by atoms with E-state index in [0.29, 0.717) is 0 Å². The minimum Gasteiger partial charge on any atom is -0.456 e. The number of benzene rings is 13. The van der Waals surface area contributed by atoms with Gasteiger partial charge in [-0.1, -0.05) is 170 Å². The Labute approximate surface area is 596 Å². The first-order valence-electron chi connectivity index (χ1n) is 35.7. The normalized spacial score (nSPS) is 12.7. The summed E-state index contributed by atoms with van der Waals surface area (Å²) in [5.74, 6) is 0. The molecule has 0 N–H and O–H groups in total. The summed E-state index contributed by atoms with van der Waals surface area (Å²) in [6.07, 6.45) is 0. The molecule has 500 valence electrons. The van der Waals surface area contributed by atoms with Crippen LogP contribution in [0.3, 0.4) is 0 Å². The molecule has 21 rings (SSSR count). The molecule has 21 aromatic rings. The van der Waals surface area contributed by atoms with Crippen molar-refractivity contribution in [1.29, 1.82) is 0 Å². The largest absolute Gasteiger partial charge is 0.456 e. The van der Waals surface area contributed by atoms with Gasteiger partial charge in [0.05, 0.1) is 38.5 Å². The van der Waals surface area contributed by atoms with Crippen LogP contribution in [0.2, 0.25) is 0 Å². The Kier molecular flexibility index (Phi) is 14.3. The molecule has 0 saturated carbocycles. The molecule has 8 heterocycles. The molecule has 13 aromatic carbocycles. The average molecular weight is 1340 g/mol. The molecule has 0 aliphatic rings. The monoisotopic (exact) mass is 1340 g/mol. The van der Waals surface area contributed by atoms with Crippen LogP contribution in [0.25, 0.3) is 179 Å². The van der Waals surface area contributed by atoms with Crippen molar-refractivity contribution in [2.24, 2.45) is 0 Å². The van der Waals surface area contributed by atoms with E-state index in [9.17, 15) is 0 Å². The third-order valence-electron chi connectivity index (χ3n) is 20.7. The number of furan rings is 2. The first kappa shape index (κ1) is 62.9. The van der Waals surface area contributed by atoms with Gasteiger partial charge in [-0.3, -0.25) is 0 Å².